The minimum Gasteiger partial charge on any atom is -0.481 e. The zero-order valence-electron chi connectivity index (χ0n) is 9.76. The molecule has 0 heterocycles. The molecule has 0 aliphatic carbocycles. The average molecular weight is 243 g/mol. The summed E-state index contributed by atoms with van der Waals surface area (Å²) in [6.07, 6.45) is -0.00880. The van der Waals surface area contributed by atoms with E-state index in [9.17, 15) is 13.6 Å². The first-order valence-corrected chi connectivity index (χ1v) is 5.25. The molecular weight excluding hydrogens is 228 g/mol. The van der Waals surface area contributed by atoms with Gasteiger partial charge in [-0.05, 0) is 24.6 Å². The predicted molar refractivity (Wildman–Crippen MR) is 61.5 cm³/mol. The minimum atomic E-state index is -2.86. The summed E-state index contributed by atoms with van der Waals surface area (Å²) < 4.78 is 26.1. The van der Waals surface area contributed by atoms with E-state index >= 15 is 0 Å². The fraction of sp³-hybridized carbons (Fsp3) is 0.417. The Morgan fingerprint density at radius 2 is 2.12 bits per heavy atom. The van der Waals surface area contributed by atoms with Crippen LogP contribution in [0.3, 0.4) is 0 Å². The van der Waals surface area contributed by atoms with Crippen LogP contribution in [0.5, 0.6) is 0 Å². The maximum atomic E-state index is 13.0. The summed E-state index contributed by atoms with van der Waals surface area (Å²) in [4.78, 5) is 10.3. The normalized spacial score (nSPS) is 11.3. The lowest BCUT2D eigenvalue weighted by Gasteiger charge is -2.14. The number of hydrogen-bond acceptors (Lipinski definition) is 2. The summed E-state index contributed by atoms with van der Waals surface area (Å²) in [7, 11) is 0. The van der Waals surface area contributed by atoms with Crippen LogP contribution in [0, 0.1) is 6.92 Å². The topological polar surface area (TPSA) is 49.3 Å². The Bertz CT molecular complexity index is 413. The predicted octanol–water partition coefficient (Wildman–Crippen LogP) is 2.99. The van der Waals surface area contributed by atoms with Crippen molar-refractivity contribution in [3.05, 3.63) is 29.3 Å². The van der Waals surface area contributed by atoms with Crippen molar-refractivity contribution >= 4 is 11.7 Å². The number of nitrogens with one attached hydrogen (secondary N) is 1. The third-order valence-electron chi connectivity index (χ3n) is 2.39. The van der Waals surface area contributed by atoms with E-state index in [1.54, 1.807) is 13.0 Å². The molecule has 0 atom stereocenters. The molecule has 0 spiro atoms. The van der Waals surface area contributed by atoms with E-state index in [1.807, 2.05) is 0 Å². The van der Waals surface area contributed by atoms with Crippen molar-refractivity contribution in [2.45, 2.75) is 26.2 Å². The maximum Gasteiger partial charge on any atom is 0.305 e. The number of carbonyl (C=O) groups is 1. The number of carboxylic acid groups (broad SMARTS) is 1. The summed E-state index contributed by atoms with van der Waals surface area (Å²) in [5.74, 6) is -3.75. The number of anilines is 1. The van der Waals surface area contributed by atoms with Gasteiger partial charge < -0.3 is 10.4 Å². The third-order valence-corrected chi connectivity index (χ3v) is 2.39. The van der Waals surface area contributed by atoms with Crippen molar-refractivity contribution in [2.75, 3.05) is 11.9 Å². The van der Waals surface area contributed by atoms with Gasteiger partial charge in [0.1, 0.15) is 0 Å². The van der Waals surface area contributed by atoms with Crippen LogP contribution in [0.25, 0.3) is 0 Å². The molecular formula is C12H15F2NO2. The molecule has 5 heteroatoms. The first kappa shape index (κ1) is 13.4. The van der Waals surface area contributed by atoms with Gasteiger partial charge in [0.05, 0.1) is 6.42 Å². The van der Waals surface area contributed by atoms with Crippen molar-refractivity contribution in [3.8, 4) is 0 Å². The number of rotatable bonds is 5. The van der Waals surface area contributed by atoms with Crippen molar-refractivity contribution in [3.63, 3.8) is 0 Å². The molecule has 0 saturated carbocycles. The van der Waals surface area contributed by atoms with E-state index in [0.717, 1.165) is 6.92 Å². The molecule has 94 valence electrons. The van der Waals surface area contributed by atoms with Crippen LogP contribution in [-0.4, -0.2) is 17.6 Å². The summed E-state index contributed by atoms with van der Waals surface area (Å²) in [5, 5.41) is 11.4. The monoisotopic (exact) mass is 243 g/mol. The summed E-state index contributed by atoms with van der Waals surface area (Å²) in [6.45, 7) is 2.83. The lowest BCUT2D eigenvalue weighted by Crippen LogP contribution is -2.10. The number of benzene rings is 1. The molecule has 17 heavy (non-hydrogen) atoms. The molecule has 0 unspecified atom stereocenters. The molecule has 3 nitrogen and oxygen atoms in total. The van der Waals surface area contributed by atoms with Gasteiger partial charge in [-0.1, -0.05) is 6.07 Å². The van der Waals surface area contributed by atoms with Crippen LogP contribution in [0.4, 0.5) is 14.5 Å². The van der Waals surface area contributed by atoms with Gasteiger partial charge >= 0.3 is 5.97 Å². The van der Waals surface area contributed by atoms with Crippen molar-refractivity contribution in [2.24, 2.45) is 0 Å². The third kappa shape index (κ3) is 4.01. The van der Waals surface area contributed by atoms with Crippen molar-refractivity contribution in [1.82, 2.24) is 0 Å². The highest BCUT2D eigenvalue weighted by Crippen LogP contribution is 2.29. The number of aryl methyl sites for hydroxylation is 1. The molecule has 0 amide bonds. The van der Waals surface area contributed by atoms with E-state index in [1.165, 1.54) is 12.1 Å². The zero-order chi connectivity index (χ0) is 13.1. The zero-order valence-corrected chi connectivity index (χ0v) is 9.76. The van der Waals surface area contributed by atoms with Gasteiger partial charge in [0.2, 0.25) is 0 Å². The number of hydrogen-bond donors (Lipinski definition) is 2. The highest BCUT2D eigenvalue weighted by molar-refractivity contribution is 5.67. The highest BCUT2D eigenvalue weighted by Gasteiger charge is 2.24. The number of carboxylic acids is 1. The molecule has 0 bridgehead atoms. The molecule has 2 N–H and O–H groups in total. The van der Waals surface area contributed by atoms with E-state index in [-0.39, 0.29) is 18.5 Å². The van der Waals surface area contributed by atoms with Crippen LogP contribution >= 0.6 is 0 Å². The van der Waals surface area contributed by atoms with E-state index < -0.39 is 11.9 Å². The molecule has 0 saturated heterocycles. The van der Waals surface area contributed by atoms with Gasteiger partial charge in [-0.15, -0.1) is 0 Å². The fourth-order valence-electron chi connectivity index (χ4n) is 1.44. The Hall–Kier alpha value is -1.65. The van der Waals surface area contributed by atoms with Crippen LogP contribution in [-0.2, 0) is 10.7 Å². The standard InChI is InChI=1S/C12H15F2NO2/c1-8-7-9(12(2,13)14)3-4-10(8)15-6-5-11(16)17/h3-4,7,15H,5-6H2,1-2H3,(H,16,17). The lowest BCUT2D eigenvalue weighted by atomic mass is 10.1. The van der Waals surface area contributed by atoms with Gasteiger partial charge in [-0.3, -0.25) is 4.79 Å². The van der Waals surface area contributed by atoms with Crippen molar-refractivity contribution < 1.29 is 18.7 Å². The van der Waals surface area contributed by atoms with Gasteiger partial charge in [-0.2, -0.15) is 0 Å². The molecule has 1 rings (SSSR count). The second kappa shape index (κ2) is 5.12. The van der Waals surface area contributed by atoms with Gasteiger partial charge in [0.25, 0.3) is 5.92 Å². The Kier molecular flexibility index (Phi) is 4.04. The molecule has 0 aliphatic rings. The quantitative estimate of drug-likeness (QED) is 0.835. The van der Waals surface area contributed by atoms with Gasteiger partial charge in [0.15, 0.2) is 0 Å². The van der Waals surface area contributed by atoms with Crippen molar-refractivity contribution in [1.29, 1.82) is 0 Å². The molecule has 1 aromatic rings. The van der Waals surface area contributed by atoms with Crippen LogP contribution in [0.2, 0.25) is 0 Å². The van der Waals surface area contributed by atoms with E-state index in [0.29, 0.717) is 11.3 Å². The summed E-state index contributed by atoms with van der Waals surface area (Å²) >= 11 is 0. The van der Waals surface area contributed by atoms with Gasteiger partial charge in [0, 0.05) is 24.7 Å². The first-order valence-electron chi connectivity index (χ1n) is 5.25. The second-order valence-corrected chi connectivity index (χ2v) is 3.99. The Morgan fingerprint density at radius 3 is 2.59 bits per heavy atom. The largest absolute Gasteiger partial charge is 0.481 e. The first-order chi connectivity index (χ1) is 7.80. The highest BCUT2D eigenvalue weighted by atomic mass is 19.3. The van der Waals surface area contributed by atoms with E-state index in [4.69, 9.17) is 5.11 Å². The van der Waals surface area contributed by atoms with Crippen LogP contribution in [0.15, 0.2) is 18.2 Å². The Labute approximate surface area is 98.5 Å². The lowest BCUT2D eigenvalue weighted by molar-refractivity contribution is -0.136. The summed E-state index contributed by atoms with van der Waals surface area (Å²) in [5.41, 5.74) is 1.31. The Balaban J connectivity index is 2.73. The summed E-state index contributed by atoms with van der Waals surface area (Å²) in [6, 6.07) is 4.29. The fourth-order valence-corrected chi connectivity index (χ4v) is 1.44. The molecule has 0 fully saturated rings. The minimum absolute atomic E-state index is 0.00880. The molecule has 0 aromatic heterocycles. The number of halogens is 2. The maximum absolute atomic E-state index is 13.0. The van der Waals surface area contributed by atoms with Gasteiger partial charge in [-0.25, -0.2) is 8.78 Å². The smallest absolute Gasteiger partial charge is 0.305 e. The average Bonchev–Trinajstić information content (AvgIpc) is 2.18. The number of aliphatic carboxylic acids is 1. The SMILES string of the molecule is Cc1cc(C(C)(F)F)ccc1NCCC(=O)O. The van der Waals surface area contributed by atoms with E-state index in [2.05, 4.69) is 5.32 Å². The number of alkyl halides is 2. The molecule has 0 aliphatic heterocycles. The Morgan fingerprint density at radius 1 is 1.47 bits per heavy atom. The molecule has 0 radical (unpaired) electrons. The second-order valence-electron chi connectivity index (χ2n) is 3.99. The molecule has 1 aromatic carbocycles. The van der Waals surface area contributed by atoms with Crippen LogP contribution in [0.1, 0.15) is 24.5 Å². The van der Waals surface area contributed by atoms with Crippen LogP contribution < -0.4 is 5.32 Å².